The summed E-state index contributed by atoms with van der Waals surface area (Å²) >= 11 is 0. The number of carbonyl (C=O) groups excluding carboxylic acids is 2. The molecule has 1 unspecified atom stereocenters. The van der Waals surface area contributed by atoms with Gasteiger partial charge in [-0.25, -0.2) is 12.8 Å². The molecule has 2 N–H and O–H groups in total. The van der Waals surface area contributed by atoms with Crippen LogP contribution in [0.1, 0.15) is 32.3 Å². The molecular formula is C23H28FN3O4S. The number of benzene rings is 2. The number of nitrogens with one attached hydrogen (secondary N) is 2. The van der Waals surface area contributed by atoms with E-state index in [0.29, 0.717) is 18.8 Å². The number of carbonyl (C=O) groups is 2. The van der Waals surface area contributed by atoms with Crippen LogP contribution in [-0.2, 0) is 26.0 Å². The van der Waals surface area contributed by atoms with E-state index in [0.717, 1.165) is 30.5 Å². The van der Waals surface area contributed by atoms with E-state index in [9.17, 15) is 22.4 Å². The van der Waals surface area contributed by atoms with Gasteiger partial charge < -0.3 is 10.2 Å². The van der Waals surface area contributed by atoms with E-state index in [4.69, 9.17) is 0 Å². The van der Waals surface area contributed by atoms with Gasteiger partial charge in [0, 0.05) is 30.7 Å². The highest BCUT2D eigenvalue weighted by molar-refractivity contribution is 7.92. The number of rotatable bonds is 7. The van der Waals surface area contributed by atoms with Gasteiger partial charge in [-0.15, -0.1) is 0 Å². The number of hydrogen-bond acceptors (Lipinski definition) is 4. The van der Waals surface area contributed by atoms with Crippen LogP contribution in [0.4, 0.5) is 10.1 Å². The number of nitrogens with zero attached hydrogens (tertiary/aromatic N) is 1. The van der Waals surface area contributed by atoms with Gasteiger partial charge in [0.2, 0.25) is 11.8 Å². The molecule has 0 aromatic heterocycles. The summed E-state index contributed by atoms with van der Waals surface area (Å²) in [5, 5.41) is 2.99. The molecule has 3 rings (SSSR count). The molecule has 1 fully saturated rings. The third-order valence-electron chi connectivity index (χ3n) is 5.33. The first-order valence-corrected chi connectivity index (χ1v) is 12.1. The van der Waals surface area contributed by atoms with Crippen LogP contribution in [0.2, 0.25) is 0 Å². The van der Waals surface area contributed by atoms with Gasteiger partial charge in [-0.05, 0) is 54.8 Å². The molecule has 0 spiro atoms. The minimum atomic E-state index is -3.83. The number of likely N-dealkylation sites (tertiary alicyclic amines) is 1. The quantitative estimate of drug-likeness (QED) is 0.663. The first-order chi connectivity index (χ1) is 15.1. The van der Waals surface area contributed by atoms with Crippen LogP contribution in [0, 0.1) is 11.7 Å². The van der Waals surface area contributed by atoms with Gasteiger partial charge in [-0.2, -0.15) is 0 Å². The Morgan fingerprint density at radius 3 is 2.38 bits per heavy atom. The lowest BCUT2D eigenvalue weighted by Gasteiger charge is -2.33. The molecule has 0 radical (unpaired) electrons. The fraction of sp³-hybridized carbons (Fsp3) is 0.391. The summed E-state index contributed by atoms with van der Waals surface area (Å²) in [4.78, 5) is 26.4. The number of anilines is 1. The third-order valence-corrected chi connectivity index (χ3v) is 6.73. The fourth-order valence-corrected chi connectivity index (χ4v) is 4.55. The third kappa shape index (κ3) is 6.29. The van der Waals surface area contributed by atoms with Crippen molar-refractivity contribution >= 4 is 27.5 Å². The Kier molecular flexibility index (Phi) is 7.50. The fourth-order valence-electron chi connectivity index (χ4n) is 3.49. The Labute approximate surface area is 188 Å². The highest BCUT2D eigenvalue weighted by atomic mass is 32.2. The molecule has 2 aromatic carbocycles. The summed E-state index contributed by atoms with van der Waals surface area (Å²) in [5.74, 6) is -0.656. The molecule has 2 amide bonds. The predicted molar refractivity (Wildman–Crippen MR) is 120 cm³/mol. The van der Waals surface area contributed by atoms with Gasteiger partial charge in [-0.3, -0.25) is 14.3 Å². The van der Waals surface area contributed by atoms with Gasteiger partial charge in [0.05, 0.1) is 11.3 Å². The highest BCUT2D eigenvalue weighted by Gasteiger charge is 2.25. The van der Waals surface area contributed by atoms with Gasteiger partial charge in [0.1, 0.15) is 5.82 Å². The number of hydrogen-bond donors (Lipinski definition) is 2. The Morgan fingerprint density at radius 1 is 1.09 bits per heavy atom. The van der Waals surface area contributed by atoms with Crippen LogP contribution in [0.3, 0.4) is 0 Å². The molecule has 2 aromatic rings. The monoisotopic (exact) mass is 461 g/mol. The number of piperidine rings is 1. The Morgan fingerprint density at radius 2 is 1.75 bits per heavy atom. The van der Waals surface area contributed by atoms with E-state index in [1.165, 1.54) is 12.1 Å². The van der Waals surface area contributed by atoms with Gasteiger partial charge >= 0.3 is 0 Å². The molecule has 1 heterocycles. The maximum absolute atomic E-state index is 13.0. The van der Waals surface area contributed by atoms with Gasteiger partial charge in [0.25, 0.3) is 10.0 Å². The van der Waals surface area contributed by atoms with E-state index < -0.39 is 15.8 Å². The standard InChI is InChI=1S/C23H28FN3O4S/c1-16(2)23(29)25-20-4-3-13-27(15-20)22(28)14-17-5-9-19(10-6-17)26-32(30,31)21-11-7-18(24)8-12-21/h5-12,16,20,26H,3-4,13-15H2,1-2H3,(H,25,29). The topological polar surface area (TPSA) is 95.6 Å². The van der Waals surface area contributed by atoms with Crippen molar-refractivity contribution in [1.29, 1.82) is 0 Å². The average Bonchev–Trinajstić information content (AvgIpc) is 2.75. The van der Waals surface area contributed by atoms with Crippen molar-refractivity contribution in [3.63, 3.8) is 0 Å². The van der Waals surface area contributed by atoms with E-state index in [1.807, 2.05) is 13.8 Å². The van der Waals surface area contributed by atoms with Crippen molar-refractivity contribution in [2.24, 2.45) is 5.92 Å². The first-order valence-electron chi connectivity index (χ1n) is 10.6. The molecular weight excluding hydrogens is 433 g/mol. The molecule has 9 heteroatoms. The highest BCUT2D eigenvalue weighted by Crippen LogP contribution is 2.18. The zero-order valence-corrected chi connectivity index (χ0v) is 19.0. The lowest BCUT2D eigenvalue weighted by Crippen LogP contribution is -2.50. The first kappa shape index (κ1) is 23.7. The van der Waals surface area contributed by atoms with E-state index >= 15 is 0 Å². The van der Waals surface area contributed by atoms with Gasteiger partial charge in [-0.1, -0.05) is 26.0 Å². The molecule has 172 valence electrons. The van der Waals surface area contributed by atoms with Crippen molar-refractivity contribution in [2.45, 2.75) is 44.0 Å². The van der Waals surface area contributed by atoms with E-state index in [-0.39, 0.29) is 35.1 Å². The minimum absolute atomic E-state index is 0.0111. The Balaban J connectivity index is 1.57. The number of amides is 2. The summed E-state index contributed by atoms with van der Waals surface area (Å²) in [5.41, 5.74) is 1.10. The van der Waals surface area contributed by atoms with Crippen molar-refractivity contribution < 1.29 is 22.4 Å². The van der Waals surface area contributed by atoms with Crippen LogP contribution in [-0.4, -0.2) is 44.3 Å². The van der Waals surface area contributed by atoms with Crippen LogP contribution in [0.5, 0.6) is 0 Å². The second kappa shape index (κ2) is 10.1. The maximum atomic E-state index is 13.0. The second-order valence-electron chi connectivity index (χ2n) is 8.28. The van der Waals surface area contributed by atoms with Crippen LogP contribution in [0.15, 0.2) is 53.4 Å². The van der Waals surface area contributed by atoms with Crippen molar-refractivity contribution in [3.05, 3.63) is 59.9 Å². The molecule has 7 nitrogen and oxygen atoms in total. The van der Waals surface area contributed by atoms with E-state index in [2.05, 4.69) is 10.0 Å². The molecule has 0 saturated carbocycles. The molecule has 1 atom stereocenters. The zero-order chi connectivity index (χ0) is 23.3. The summed E-state index contributed by atoms with van der Waals surface area (Å²) < 4.78 is 40.3. The summed E-state index contributed by atoms with van der Waals surface area (Å²) in [6.45, 7) is 4.82. The van der Waals surface area contributed by atoms with Crippen LogP contribution < -0.4 is 10.0 Å². The van der Waals surface area contributed by atoms with Crippen molar-refractivity contribution in [1.82, 2.24) is 10.2 Å². The zero-order valence-electron chi connectivity index (χ0n) is 18.2. The van der Waals surface area contributed by atoms with Crippen molar-refractivity contribution in [3.8, 4) is 0 Å². The molecule has 1 aliphatic heterocycles. The van der Waals surface area contributed by atoms with E-state index in [1.54, 1.807) is 29.2 Å². The summed E-state index contributed by atoms with van der Waals surface area (Å²) in [6, 6.07) is 11.1. The lowest BCUT2D eigenvalue weighted by atomic mass is 10.0. The number of halogens is 1. The smallest absolute Gasteiger partial charge is 0.261 e. The maximum Gasteiger partial charge on any atom is 0.261 e. The Hall–Kier alpha value is -2.94. The molecule has 0 aliphatic carbocycles. The van der Waals surface area contributed by atoms with Crippen LogP contribution in [0.25, 0.3) is 0 Å². The minimum Gasteiger partial charge on any atom is -0.351 e. The van der Waals surface area contributed by atoms with Gasteiger partial charge in [0.15, 0.2) is 0 Å². The van der Waals surface area contributed by atoms with Crippen LogP contribution >= 0.6 is 0 Å². The normalized spacial score (nSPS) is 16.6. The average molecular weight is 462 g/mol. The summed E-state index contributed by atoms with van der Waals surface area (Å²) in [6.07, 6.45) is 1.87. The second-order valence-corrected chi connectivity index (χ2v) is 9.96. The number of sulfonamides is 1. The summed E-state index contributed by atoms with van der Waals surface area (Å²) in [7, 11) is -3.83. The Bertz CT molecular complexity index is 1050. The molecule has 1 aliphatic rings. The van der Waals surface area contributed by atoms with Crippen molar-refractivity contribution in [2.75, 3.05) is 17.8 Å². The molecule has 0 bridgehead atoms. The SMILES string of the molecule is CC(C)C(=O)NC1CCCN(C(=O)Cc2ccc(NS(=O)(=O)c3ccc(F)cc3)cc2)C1. The molecule has 1 saturated heterocycles. The lowest BCUT2D eigenvalue weighted by molar-refractivity contribution is -0.133. The largest absolute Gasteiger partial charge is 0.351 e. The predicted octanol–water partition coefficient (Wildman–Crippen LogP) is 2.93. The molecule has 32 heavy (non-hydrogen) atoms.